The molecule has 0 amide bonds. The minimum absolute atomic E-state index is 0.935. The van der Waals surface area contributed by atoms with E-state index in [0.717, 1.165) is 11.8 Å². The van der Waals surface area contributed by atoms with Gasteiger partial charge in [0.2, 0.25) is 0 Å². The molecule has 1 unspecified atom stereocenters. The van der Waals surface area contributed by atoms with Crippen LogP contribution in [-0.4, -0.2) is 0 Å². The van der Waals surface area contributed by atoms with Gasteiger partial charge in [0.1, 0.15) is 0 Å². The van der Waals surface area contributed by atoms with E-state index in [2.05, 4.69) is 6.58 Å². The highest BCUT2D eigenvalue weighted by atomic mass is 14.3. The van der Waals surface area contributed by atoms with Crippen LogP contribution in [0.1, 0.15) is 38.5 Å². The van der Waals surface area contributed by atoms with Crippen molar-refractivity contribution >= 4 is 0 Å². The number of hydrogen-bond donors (Lipinski definition) is 0. The molecule has 56 valence electrons. The Labute approximate surface area is 63.3 Å². The van der Waals surface area contributed by atoms with Crippen molar-refractivity contribution in [1.29, 1.82) is 0 Å². The molecule has 0 spiro atoms. The lowest BCUT2D eigenvalue weighted by Crippen LogP contribution is -2.22. The van der Waals surface area contributed by atoms with Crippen molar-refractivity contribution in [3.05, 3.63) is 12.2 Å². The SMILES string of the molecule is C=C1CCC1CC1CCC1. The van der Waals surface area contributed by atoms with Crippen LogP contribution in [-0.2, 0) is 0 Å². The number of rotatable bonds is 2. The van der Waals surface area contributed by atoms with Crippen LogP contribution in [0.5, 0.6) is 0 Å². The molecule has 0 aromatic rings. The zero-order chi connectivity index (χ0) is 6.97. The number of hydrogen-bond acceptors (Lipinski definition) is 0. The highest BCUT2D eigenvalue weighted by Crippen LogP contribution is 2.41. The van der Waals surface area contributed by atoms with E-state index >= 15 is 0 Å². The molecule has 0 nitrogen and oxygen atoms in total. The van der Waals surface area contributed by atoms with Gasteiger partial charge in [-0.3, -0.25) is 0 Å². The van der Waals surface area contributed by atoms with Gasteiger partial charge in [-0.2, -0.15) is 0 Å². The quantitative estimate of drug-likeness (QED) is 0.511. The second-order valence-electron chi connectivity index (χ2n) is 3.93. The van der Waals surface area contributed by atoms with E-state index in [1.54, 1.807) is 0 Å². The largest absolute Gasteiger partial charge is 0.0996 e. The standard InChI is InChI=1S/C10H16/c1-8-5-6-10(8)7-9-3-2-4-9/h9-10H,1-7H2. The van der Waals surface area contributed by atoms with E-state index in [-0.39, 0.29) is 0 Å². The maximum atomic E-state index is 4.05. The average Bonchev–Trinajstić information content (AvgIpc) is 1.82. The Morgan fingerprint density at radius 2 is 2.10 bits per heavy atom. The fraction of sp³-hybridized carbons (Fsp3) is 0.800. The van der Waals surface area contributed by atoms with Crippen molar-refractivity contribution in [3.63, 3.8) is 0 Å². The van der Waals surface area contributed by atoms with Gasteiger partial charge >= 0.3 is 0 Å². The fourth-order valence-corrected chi connectivity index (χ4v) is 1.97. The van der Waals surface area contributed by atoms with E-state index in [4.69, 9.17) is 0 Å². The van der Waals surface area contributed by atoms with Gasteiger partial charge in [-0.25, -0.2) is 0 Å². The van der Waals surface area contributed by atoms with Crippen LogP contribution in [0.15, 0.2) is 12.2 Å². The molecule has 0 saturated heterocycles. The molecule has 1 atom stereocenters. The van der Waals surface area contributed by atoms with Crippen LogP contribution >= 0.6 is 0 Å². The summed E-state index contributed by atoms with van der Waals surface area (Å²) in [7, 11) is 0. The Bertz CT molecular complexity index is 142. The molecule has 0 radical (unpaired) electrons. The zero-order valence-electron chi connectivity index (χ0n) is 6.60. The molecule has 0 bridgehead atoms. The smallest absolute Gasteiger partial charge is 0.0200 e. The molecule has 2 aliphatic rings. The second-order valence-corrected chi connectivity index (χ2v) is 3.93. The van der Waals surface area contributed by atoms with Gasteiger partial charge in [-0.1, -0.05) is 31.4 Å². The molecule has 2 saturated carbocycles. The molecular formula is C10H16. The lowest BCUT2D eigenvalue weighted by Gasteiger charge is -2.35. The first-order valence-corrected chi connectivity index (χ1v) is 4.54. The molecular weight excluding hydrogens is 120 g/mol. The molecule has 0 heterocycles. The number of allylic oxidation sites excluding steroid dienone is 1. The van der Waals surface area contributed by atoms with Gasteiger partial charge in [0.15, 0.2) is 0 Å². The molecule has 2 fully saturated rings. The normalized spacial score (nSPS) is 33.2. The van der Waals surface area contributed by atoms with Gasteiger partial charge in [0.25, 0.3) is 0 Å². The second kappa shape index (κ2) is 2.41. The predicted octanol–water partition coefficient (Wildman–Crippen LogP) is 3.14. The third kappa shape index (κ3) is 1.00. The average molecular weight is 136 g/mol. The van der Waals surface area contributed by atoms with E-state index in [9.17, 15) is 0 Å². The van der Waals surface area contributed by atoms with E-state index < -0.39 is 0 Å². The van der Waals surface area contributed by atoms with Crippen molar-refractivity contribution in [2.75, 3.05) is 0 Å². The first kappa shape index (κ1) is 6.45. The third-order valence-electron chi connectivity index (χ3n) is 3.23. The molecule has 0 heteroatoms. The van der Waals surface area contributed by atoms with Crippen LogP contribution in [0.4, 0.5) is 0 Å². The first-order valence-electron chi connectivity index (χ1n) is 4.54. The predicted molar refractivity (Wildman–Crippen MR) is 43.8 cm³/mol. The van der Waals surface area contributed by atoms with Crippen molar-refractivity contribution in [1.82, 2.24) is 0 Å². The van der Waals surface area contributed by atoms with Crippen LogP contribution in [0.3, 0.4) is 0 Å². The summed E-state index contributed by atoms with van der Waals surface area (Å²) in [6.07, 6.45) is 8.73. The van der Waals surface area contributed by atoms with Gasteiger partial charge in [-0.05, 0) is 31.1 Å². The summed E-state index contributed by atoms with van der Waals surface area (Å²) >= 11 is 0. The van der Waals surface area contributed by atoms with Gasteiger partial charge in [-0.15, -0.1) is 0 Å². The fourth-order valence-electron chi connectivity index (χ4n) is 1.97. The highest BCUT2D eigenvalue weighted by molar-refractivity contribution is 5.10. The molecule has 0 aromatic heterocycles. The van der Waals surface area contributed by atoms with Crippen molar-refractivity contribution in [3.8, 4) is 0 Å². The van der Waals surface area contributed by atoms with E-state index in [1.165, 1.54) is 44.1 Å². The van der Waals surface area contributed by atoms with Gasteiger partial charge in [0, 0.05) is 0 Å². The summed E-state index contributed by atoms with van der Waals surface area (Å²) in [5.74, 6) is 2.02. The highest BCUT2D eigenvalue weighted by Gasteiger charge is 2.27. The molecule has 0 aromatic carbocycles. The van der Waals surface area contributed by atoms with E-state index in [1.807, 2.05) is 0 Å². The molecule has 10 heavy (non-hydrogen) atoms. The zero-order valence-corrected chi connectivity index (χ0v) is 6.60. The lowest BCUT2D eigenvalue weighted by atomic mass is 9.70. The van der Waals surface area contributed by atoms with Gasteiger partial charge < -0.3 is 0 Å². The molecule has 0 N–H and O–H groups in total. The lowest BCUT2D eigenvalue weighted by molar-refractivity contribution is 0.235. The summed E-state index contributed by atoms with van der Waals surface area (Å²) in [4.78, 5) is 0. The molecule has 0 aliphatic heterocycles. The monoisotopic (exact) mass is 136 g/mol. The Kier molecular flexibility index (Phi) is 1.55. The minimum atomic E-state index is 0.935. The molecule has 2 rings (SSSR count). The van der Waals surface area contributed by atoms with Crippen LogP contribution in [0, 0.1) is 11.8 Å². The minimum Gasteiger partial charge on any atom is -0.0996 e. The first-order chi connectivity index (χ1) is 4.86. The van der Waals surface area contributed by atoms with Crippen molar-refractivity contribution in [2.45, 2.75) is 38.5 Å². The Morgan fingerprint density at radius 1 is 1.30 bits per heavy atom. The summed E-state index contributed by atoms with van der Waals surface area (Å²) in [6.45, 7) is 4.05. The summed E-state index contributed by atoms with van der Waals surface area (Å²) in [5, 5.41) is 0. The molecule has 2 aliphatic carbocycles. The summed E-state index contributed by atoms with van der Waals surface area (Å²) in [5.41, 5.74) is 1.53. The van der Waals surface area contributed by atoms with Crippen LogP contribution in [0.25, 0.3) is 0 Å². The maximum Gasteiger partial charge on any atom is -0.0200 e. The Balaban J connectivity index is 1.74. The van der Waals surface area contributed by atoms with E-state index in [0.29, 0.717) is 0 Å². The topological polar surface area (TPSA) is 0 Å². The Morgan fingerprint density at radius 3 is 2.40 bits per heavy atom. The summed E-state index contributed by atoms with van der Waals surface area (Å²) < 4.78 is 0. The van der Waals surface area contributed by atoms with Crippen molar-refractivity contribution < 1.29 is 0 Å². The Hall–Kier alpha value is -0.260. The van der Waals surface area contributed by atoms with Gasteiger partial charge in [0.05, 0.1) is 0 Å². The maximum absolute atomic E-state index is 4.05. The third-order valence-corrected chi connectivity index (χ3v) is 3.23. The van der Waals surface area contributed by atoms with Crippen LogP contribution < -0.4 is 0 Å². The van der Waals surface area contributed by atoms with Crippen molar-refractivity contribution in [2.24, 2.45) is 11.8 Å². The van der Waals surface area contributed by atoms with Crippen LogP contribution in [0.2, 0.25) is 0 Å². The summed E-state index contributed by atoms with van der Waals surface area (Å²) in [6, 6.07) is 0.